The van der Waals surface area contributed by atoms with Crippen molar-refractivity contribution in [2.75, 3.05) is 18.4 Å². The molecule has 2 unspecified atom stereocenters. The lowest BCUT2D eigenvalue weighted by atomic mass is 9.92. The van der Waals surface area contributed by atoms with E-state index in [4.69, 9.17) is 5.26 Å². The van der Waals surface area contributed by atoms with Crippen LogP contribution in [0.15, 0.2) is 22.8 Å². The summed E-state index contributed by atoms with van der Waals surface area (Å²) in [5, 5.41) is 17.1. The van der Waals surface area contributed by atoms with Crippen LogP contribution >= 0.6 is 15.9 Å². The fourth-order valence-corrected chi connectivity index (χ4v) is 4.05. The van der Waals surface area contributed by atoms with E-state index >= 15 is 0 Å². The standard InChI is InChI=1S/C14H15BrN6/c15-11-2-1-5-21-13(11)18-14(19-21)17-12-9-3-4-10(12)7-20(6-9)8-16/h1-2,5,9-10,12H,3-4,6-7H2,(H,17,19)/t9-,10?,12?/m0/s1. The number of hydrogen-bond donors (Lipinski definition) is 1. The Bertz CT molecular complexity index is 706. The quantitative estimate of drug-likeness (QED) is 0.843. The van der Waals surface area contributed by atoms with Crippen LogP contribution in [0.3, 0.4) is 0 Å². The van der Waals surface area contributed by atoms with Gasteiger partial charge in [0.05, 0.1) is 4.47 Å². The largest absolute Gasteiger partial charge is 0.349 e. The van der Waals surface area contributed by atoms with Crippen LogP contribution in [0.25, 0.3) is 5.65 Å². The van der Waals surface area contributed by atoms with Crippen molar-refractivity contribution in [2.24, 2.45) is 11.8 Å². The second-order valence-electron chi connectivity index (χ2n) is 5.83. The fourth-order valence-electron chi connectivity index (χ4n) is 3.62. The Kier molecular flexibility index (Phi) is 3.00. The number of fused-ring (bicyclic) bond motifs is 3. The topological polar surface area (TPSA) is 69.2 Å². The molecule has 108 valence electrons. The van der Waals surface area contributed by atoms with Crippen LogP contribution < -0.4 is 5.32 Å². The molecule has 3 atom stereocenters. The molecule has 2 aromatic heterocycles. The van der Waals surface area contributed by atoms with Crippen molar-refractivity contribution in [3.05, 3.63) is 22.8 Å². The van der Waals surface area contributed by atoms with Crippen molar-refractivity contribution < 1.29 is 0 Å². The van der Waals surface area contributed by atoms with Crippen LogP contribution in [0.4, 0.5) is 5.95 Å². The van der Waals surface area contributed by atoms with Gasteiger partial charge in [-0.3, -0.25) is 0 Å². The summed E-state index contributed by atoms with van der Waals surface area (Å²) in [5.41, 5.74) is 0.821. The van der Waals surface area contributed by atoms with E-state index < -0.39 is 0 Å². The second-order valence-corrected chi connectivity index (χ2v) is 6.69. The molecule has 0 aromatic carbocycles. The lowest BCUT2D eigenvalue weighted by Crippen LogP contribution is -2.46. The van der Waals surface area contributed by atoms with Crippen LogP contribution in [0.5, 0.6) is 0 Å². The molecule has 6 nitrogen and oxygen atoms in total. The summed E-state index contributed by atoms with van der Waals surface area (Å²) in [7, 11) is 0. The Morgan fingerprint density at radius 1 is 1.33 bits per heavy atom. The molecule has 1 N–H and O–H groups in total. The van der Waals surface area contributed by atoms with Crippen LogP contribution in [0, 0.1) is 23.3 Å². The Hall–Kier alpha value is -1.81. The molecule has 2 aliphatic rings. The van der Waals surface area contributed by atoms with Gasteiger partial charge in [-0.25, -0.2) is 4.52 Å². The highest BCUT2D eigenvalue weighted by molar-refractivity contribution is 9.10. The van der Waals surface area contributed by atoms with Crippen LogP contribution in [0.1, 0.15) is 12.8 Å². The lowest BCUT2D eigenvalue weighted by Gasteiger charge is -2.35. The van der Waals surface area contributed by atoms with Gasteiger partial charge >= 0.3 is 0 Å². The molecule has 1 saturated heterocycles. The molecule has 7 heteroatoms. The van der Waals surface area contributed by atoms with Gasteiger partial charge in [-0.05, 0) is 52.7 Å². The Morgan fingerprint density at radius 3 is 2.76 bits per heavy atom. The monoisotopic (exact) mass is 346 g/mol. The summed E-state index contributed by atoms with van der Waals surface area (Å²) in [6.45, 7) is 1.70. The molecule has 1 aliphatic heterocycles. The highest BCUT2D eigenvalue weighted by Gasteiger charge is 2.42. The van der Waals surface area contributed by atoms with E-state index in [1.165, 1.54) is 12.8 Å². The van der Waals surface area contributed by atoms with Crippen molar-refractivity contribution >= 4 is 27.5 Å². The first-order valence-electron chi connectivity index (χ1n) is 7.16. The van der Waals surface area contributed by atoms with Gasteiger partial charge in [0.1, 0.15) is 0 Å². The molecule has 1 aliphatic carbocycles. The maximum atomic E-state index is 9.08. The number of piperidine rings is 1. The number of hydrogen-bond acceptors (Lipinski definition) is 5. The smallest absolute Gasteiger partial charge is 0.243 e. The van der Waals surface area contributed by atoms with Gasteiger partial charge in [0.15, 0.2) is 11.8 Å². The van der Waals surface area contributed by atoms with Crippen LogP contribution in [0.2, 0.25) is 0 Å². The Morgan fingerprint density at radius 2 is 2.10 bits per heavy atom. The van der Waals surface area contributed by atoms with Crippen LogP contribution in [-0.2, 0) is 0 Å². The number of nitrogens with zero attached hydrogens (tertiary/aromatic N) is 5. The fraction of sp³-hybridized carbons (Fsp3) is 0.500. The number of nitriles is 1. The molecule has 0 amide bonds. The summed E-state index contributed by atoms with van der Waals surface area (Å²) in [6, 6.07) is 4.28. The molecule has 4 rings (SSSR count). The molecule has 2 fully saturated rings. The zero-order chi connectivity index (χ0) is 14.4. The lowest BCUT2D eigenvalue weighted by molar-refractivity contribution is 0.217. The van der Waals surface area contributed by atoms with Crippen molar-refractivity contribution in [1.29, 1.82) is 5.26 Å². The summed E-state index contributed by atoms with van der Waals surface area (Å²) >= 11 is 3.49. The SMILES string of the molecule is N#CN1CC2CC[C@@H](C1)C2Nc1nc2c(Br)cccn2n1. The van der Waals surface area contributed by atoms with E-state index in [-0.39, 0.29) is 0 Å². The molecular formula is C14H15BrN6. The predicted molar refractivity (Wildman–Crippen MR) is 81.5 cm³/mol. The number of anilines is 1. The zero-order valence-corrected chi connectivity index (χ0v) is 13.0. The van der Waals surface area contributed by atoms with E-state index in [1.807, 2.05) is 23.2 Å². The zero-order valence-electron chi connectivity index (χ0n) is 11.4. The van der Waals surface area contributed by atoms with Gasteiger partial charge in [-0.2, -0.15) is 10.2 Å². The predicted octanol–water partition coefficient (Wildman–Crippen LogP) is 2.10. The van der Waals surface area contributed by atoms with Crippen molar-refractivity contribution in [3.8, 4) is 6.19 Å². The van der Waals surface area contributed by atoms with Gasteiger partial charge in [0.2, 0.25) is 5.95 Å². The molecule has 0 radical (unpaired) electrons. The molecule has 2 bridgehead atoms. The second kappa shape index (κ2) is 4.88. The minimum Gasteiger partial charge on any atom is -0.349 e. The van der Waals surface area contributed by atoms with Gasteiger partial charge in [0.25, 0.3) is 0 Å². The molecular weight excluding hydrogens is 332 g/mol. The Balaban J connectivity index is 1.58. The third-order valence-electron chi connectivity index (χ3n) is 4.59. The maximum Gasteiger partial charge on any atom is 0.243 e. The number of halogens is 1. The normalized spacial score (nSPS) is 27.8. The average Bonchev–Trinajstić information content (AvgIpc) is 2.98. The van der Waals surface area contributed by atoms with E-state index in [1.54, 1.807) is 4.52 Å². The maximum absolute atomic E-state index is 9.08. The van der Waals surface area contributed by atoms with Gasteiger partial charge in [0, 0.05) is 25.3 Å². The first-order chi connectivity index (χ1) is 10.2. The van der Waals surface area contributed by atoms with E-state index in [2.05, 4.69) is 37.5 Å². The molecule has 21 heavy (non-hydrogen) atoms. The number of rotatable bonds is 2. The Labute approximate surface area is 130 Å². The minimum atomic E-state index is 0.380. The third kappa shape index (κ3) is 2.14. The number of likely N-dealkylation sites (tertiary alicyclic amines) is 1. The number of pyridine rings is 1. The van der Waals surface area contributed by atoms with Crippen molar-refractivity contribution in [1.82, 2.24) is 19.5 Å². The highest BCUT2D eigenvalue weighted by Crippen LogP contribution is 2.38. The van der Waals surface area contributed by atoms with E-state index in [0.717, 1.165) is 23.2 Å². The summed E-state index contributed by atoms with van der Waals surface area (Å²) in [4.78, 5) is 6.44. The van der Waals surface area contributed by atoms with Crippen molar-refractivity contribution in [3.63, 3.8) is 0 Å². The minimum absolute atomic E-state index is 0.380. The van der Waals surface area contributed by atoms with Crippen molar-refractivity contribution in [2.45, 2.75) is 18.9 Å². The van der Waals surface area contributed by atoms with E-state index in [0.29, 0.717) is 23.8 Å². The first kappa shape index (κ1) is 12.9. The van der Waals surface area contributed by atoms with Crippen LogP contribution in [-0.4, -0.2) is 38.6 Å². The summed E-state index contributed by atoms with van der Waals surface area (Å²) in [6.07, 6.45) is 6.53. The average molecular weight is 347 g/mol. The number of nitrogens with one attached hydrogen (secondary N) is 1. The van der Waals surface area contributed by atoms with Gasteiger partial charge in [-0.15, -0.1) is 5.10 Å². The summed E-state index contributed by atoms with van der Waals surface area (Å²) < 4.78 is 2.71. The molecule has 3 heterocycles. The summed E-state index contributed by atoms with van der Waals surface area (Å²) in [5.74, 6) is 1.70. The van der Waals surface area contributed by atoms with Gasteiger partial charge < -0.3 is 10.2 Å². The first-order valence-corrected chi connectivity index (χ1v) is 7.96. The van der Waals surface area contributed by atoms with E-state index in [9.17, 15) is 0 Å². The van der Waals surface area contributed by atoms with Gasteiger partial charge in [-0.1, -0.05) is 0 Å². The molecule has 0 spiro atoms. The molecule has 1 saturated carbocycles. The highest BCUT2D eigenvalue weighted by atomic mass is 79.9. The molecule has 2 aromatic rings. The number of aromatic nitrogens is 3. The third-order valence-corrected chi connectivity index (χ3v) is 5.20.